The van der Waals surface area contributed by atoms with Crippen LogP contribution >= 0.6 is 31.9 Å². The molecule has 1 amide bonds. The average Bonchev–Trinajstić information content (AvgIpc) is 2.97. The maximum absolute atomic E-state index is 12.1. The third kappa shape index (κ3) is 4.10. The lowest BCUT2D eigenvalue weighted by atomic mass is 10.2. The van der Waals surface area contributed by atoms with Crippen molar-refractivity contribution in [2.45, 2.75) is 26.2 Å². The molecule has 5 N–H and O–H groups in total. The lowest BCUT2D eigenvalue weighted by Crippen LogP contribution is -2.25. The van der Waals surface area contributed by atoms with Gasteiger partial charge in [-0.15, -0.1) is 0 Å². The van der Waals surface area contributed by atoms with Crippen LogP contribution in [0.25, 0.3) is 0 Å². The van der Waals surface area contributed by atoms with Gasteiger partial charge in [0.25, 0.3) is 5.91 Å². The molecule has 0 spiro atoms. The van der Waals surface area contributed by atoms with Gasteiger partial charge in [0, 0.05) is 12.2 Å². The molecule has 114 valence electrons. The Hall–Kier alpha value is -1.28. The number of H-pyrrole nitrogens is 2. The molecule has 0 aromatic carbocycles. The van der Waals surface area contributed by atoms with Crippen LogP contribution in [-0.2, 0) is 6.42 Å². The van der Waals surface area contributed by atoms with Crippen LogP contribution in [0.4, 0.5) is 5.95 Å². The number of aromatic amines is 2. The zero-order valence-electron chi connectivity index (χ0n) is 11.6. The van der Waals surface area contributed by atoms with Crippen molar-refractivity contribution in [1.29, 1.82) is 0 Å². The number of rotatable bonds is 6. The van der Waals surface area contributed by atoms with E-state index in [4.69, 9.17) is 5.73 Å². The Morgan fingerprint density at radius 3 is 2.71 bits per heavy atom. The Morgan fingerprint density at radius 2 is 2.14 bits per heavy atom. The van der Waals surface area contributed by atoms with Crippen LogP contribution in [0.3, 0.4) is 0 Å². The highest BCUT2D eigenvalue weighted by atomic mass is 79.9. The van der Waals surface area contributed by atoms with Gasteiger partial charge in [-0.3, -0.25) is 4.79 Å². The average molecular weight is 419 g/mol. The topological polar surface area (TPSA) is 99.6 Å². The number of nitrogens with zero attached hydrogens (tertiary/aromatic N) is 1. The van der Waals surface area contributed by atoms with Crippen LogP contribution in [0.15, 0.2) is 15.3 Å². The predicted octanol–water partition coefficient (Wildman–Crippen LogP) is 2.91. The fourth-order valence-corrected chi connectivity index (χ4v) is 2.79. The van der Waals surface area contributed by atoms with Gasteiger partial charge >= 0.3 is 0 Å². The summed E-state index contributed by atoms with van der Waals surface area (Å²) in [5.74, 6) is 0.348. The standard InChI is InChI=1S/C13H17Br2N5O/c1-7-9(14)11(15)20-10(7)12(21)17-5-3-2-4-8-6-18-13(16)19-8/h6,20H,2-5H2,1H3,(H,17,21)(H3,16,18,19). The van der Waals surface area contributed by atoms with Crippen LogP contribution in [-0.4, -0.2) is 27.4 Å². The number of halogens is 2. The van der Waals surface area contributed by atoms with E-state index in [1.807, 2.05) is 6.92 Å². The molecule has 0 aliphatic carbocycles. The lowest BCUT2D eigenvalue weighted by molar-refractivity contribution is 0.0948. The zero-order chi connectivity index (χ0) is 15.4. The molecular formula is C13H17Br2N5O. The second-order valence-corrected chi connectivity index (χ2v) is 6.35. The third-order valence-electron chi connectivity index (χ3n) is 3.17. The Bertz CT molecular complexity index is 635. The van der Waals surface area contributed by atoms with E-state index in [9.17, 15) is 4.79 Å². The van der Waals surface area contributed by atoms with Crippen LogP contribution in [0, 0.1) is 6.92 Å². The first kappa shape index (κ1) is 16.1. The normalized spacial score (nSPS) is 10.8. The maximum Gasteiger partial charge on any atom is 0.268 e. The molecule has 0 bridgehead atoms. The minimum atomic E-state index is -0.0929. The minimum absolute atomic E-state index is 0.0929. The minimum Gasteiger partial charge on any atom is -0.369 e. The number of aromatic nitrogens is 3. The number of hydrogen-bond donors (Lipinski definition) is 4. The van der Waals surface area contributed by atoms with Gasteiger partial charge in [0.2, 0.25) is 0 Å². The molecule has 2 aromatic rings. The van der Waals surface area contributed by atoms with Crippen molar-refractivity contribution < 1.29 is 4.79 Å². The molecule has 0 radical (unpaired) electrons. The molecule has 0 saturated carbocycles. The highest BCUT2D eigenvalue weighted by Crippen LogP contribution is 2.28. The Kier molecular flexibility index (Phi) is 5.46. The van der Waals surface area contributed by atoms with E-state index in [0.29, 0.717) is 18.2 Å². The summed E-state index contributed by atoms with van der Waals surface area (Å²) in [6, 6.07) is 0. The molecule has 2 aromatic heterocycles. The van der Waals surface area contributed by atoms with Gasteiger partial charge in [0.1, 0.15) is 5.69 Å². The summed E-state index contributed by atoms with van der Waals surface area (Å²) < 4.78 is 1.66. The number of anilines is 1. The van der Waals surface area contributed by atoms with Gasteiger partial charge in [-0.1, -0.05) is 0 Å². The van der Waals surface area contributed by atoms with Gasteiger partial charge in [-0.05, 0) is 63.6 Å². The van der Waals surface area contributed by atoms with E-state index >= 15 is 0 Å². The van der Waals surface area contributed by atoms with E-state index in [0.717, 1.165) is 39.6 Å². The van der Waals surface area contributed by atoms with E-state index < -0.39 is 0 Å². The first-order chi connectivity index (χ1) is 9.99. The number of imidazole rings is 1. The van der Waals surface area contributed by atoms with Crippen molar-refractivity contribution >= 4 is 43.7 Å². The summed E-state index contributed by atoms with van der Waals surface area (Å²) in [4.78, 5) is 22.0. The molecule has 2 rings (SSSR count). The predicted molar refractivity (Wildman–Crippen MR) is 89.2 cm³/mol. The molecule has 21 heavy (non-hydrogen) atoms. The summed E-state index contributed by atoms with van der Waals surface area (Å²) >= 11 is 6.77. The van der Waals surface area contributed by atoms with Crippen LogP contribution in [0.1, 0.15) is 34.6 Å². The second kappa shape index (κ2) is 7.13. The number of carbonyl (C=O) groups is 1. The molecule has 6 nitrogen and oxygen atoms in total. The second-order valence-electron chi connectivity index (χ2n) is 4.76. The van der Waals surface area contributed by atoms with E-state index in [2.05, 4.69) is 52.1 Å². The van der Waals surface area contributed by atoms with E-state index in [1.54, 1.807) is 6.20 Å². The van der Waals surface area contributed by atoms with Gasteiger partial charge in [-0.2, -0.15) is 0 Å². The lowest BCUT2D eigenvalue weighted by Gasteiger charge is -2.04. The Balaban J connectivity index is 1.73. The Labute approximate surface area is 139 Å². The smallest absolute Gasteiger partial charge is 0.268 e. The number of nitrogen functional groups attached to an aromatic ring is 1. The van der Waals surface area contributed by atoms with Crippen molar-refractivity contribution in [2.75, 3.05) is 12.3 Å². The molecular weight excluding hydrogens is 402 g/mol. The molecule has 2 heterocycles. The number of nitrogens with one attached hydrogen (secondary N) is 3. The summed E-state index contributed by atoms with van der Waals surface area (Å²) in [5, 5.41) is 2.91. The van der Waals surface area contributed by atoms with E-state index in [1.165, 1.54) is 0 Å². The first-order valence-corrected chi connectivity index (χ1v) is 8.18. The molecule has 0 aliphatic rings. The van der Waals surface area contributed by atoms with Crippen molar-refractivity contribution in [1.82, 2.24) is 20.3 Å². The van der Waals surface area contributed by atoms with Crippen LogP contribution < -0.4 is 11.1 Å². The Morgan fingerprint density at radius 1 is 1.38 bits per heavy atom. The number of nitrogens with two attached hydrogens (primary N) is 1. The SMILES string of the molecule is Cc1c(C(=O)NCCCCc2cnc(N)[nH]2)[nH]c(Br)c1Br. The summed E-state index contributed by atoms with van der Waals surface area (Å²) in [6.07, 6.45) is 4.47. The molecule has 8 heteroatoms. The number of amides is 1. The zero-order valence-corrected chi connectivity index (χ0v) is 14.8. The van der Waals surface area contributed by atoms with Crippen LogP contribution in [0.5, 0.6) is 0 Å². The number of carbonyl (C=O) groups excluding carboxylic acids is 1. The van der Waals surface area contributed by atoms with Gasteiger partial charge in [-0.25, -0.2) is 4.98 Å². The molecule has 0 saturated heterocycles. The maximum atomic E-state index is 12.1. The van der Waals surface area contributed by atoms with Gasteiger partial charge in [0.15, 0.2) is 5.95 Å². The van der Waals surface area contributed by atoms with Crippen molar-refractivity contribution in [2.24, 2.45) is 0 Å². The molecule has 0 fully saturated rings. The van der Waals surface area contributed by atoms with Gasteiger partial charge < -0.3 is 21.0 Å². The fraction of sp³-hybridized carbons (Fsp3) is 0.385. The molecule has 0 atom stereocenters. The molecule has 0 aliphatic heterocycles. The fourth-order valence-electron chi connectivity index (χ4n) is 1.99. The first-order valence-electron chi connectivity index (χ1n) is 6.60. The number of unbranched alkanes of at least 4 members (excludes halogenated alkanes) is 1. The van der Waals surface area contributed by atoms with Crippen molar-refractivity contribution in [3.63, 3.8) is 0 Å². The van der Waals surface area contributed by atoms with Gasteiger partial charge in [0.05, 0.1) is 15.3 Å². The highest BCUT2D eigenvalue weighted by molar-refractivity contribution is 9.13. The summed E-state index contributed by atoms with van der Waals surface area (Å²) in [6.45, 7) is 2.53. The number of hydrogen-bond acceptors (Lipinski definition) is 3. The van der Waals surface area contributed by atoms with Crippen molar-refractivity contribution in [3.05, 3.63) is 32.2 Å². The quantitative estimate of drug-likeness (QED) is 0.542. The molecule has 0 unspecified atom stereocenters. The third-order valence-corrected chi connectivity index (χ3v) is 5.28. The van der Waals surface area contributed by atoms with Crippen molar-refractivity contribution in [3.8, 4) is 0 Å². The summed E-state index contributed by atoms with van der Waals surface area (Å²) in [7, 11) is 0. The highest BCUT2D eigenvalue weighted by Gasteiger charge is 2.15. The number of aryl methyl sites for hydroxylation is 1. The largest absolute Gasteiger partial charge is 0.369 e. The van der Waals surface area contributed by atoms with Crippen LogP contribution in [0.2, 0.25) is 0 Å². The monoisotopic (exact) mass is 417 g/mol. The summed E-state index contributed by atoms with van der Waals surface area (Å²) in [5.41, 5.74) is 8.00. The van der Waals surface area contributed by atoms with E-state index in [-0.39, 0.29) is 5.91 Å².